The van der Waals surface area contributed by atoms with Gasteiger partial charge in [0.15, 0.2) is 0 Å². The molecule has 0 saturated carbocycles. The second-order valence-corrected chi connectivity index (χ2v) is 3.97. The lowest BCUT2D eigenvalue weighted by Gasteiger charge is -2.08. The standard InChI is InChI=1S/C14H15N5/c1-2-8-16-14-17-9-7-13(19-14)18-12-6-4-3-5-11(12)10-15/h3-7,9H,2,8H2,1H3,(H2,16,17,18,19). The first-order valence-electron chi connectivity index (χ1n) is 6.16. The van der Waals surface area contributed by atoms with Crippen LogP contribution in [-0.4, -0.2) is 16.5 Å². The average Bonchev–Trinajstić information content (AvgIpc) is 2.46. The Morgan fingerprint density at radius 1 is 1.26 bits per heavy atom. The van der Waals surface area contributed by atoms with Gasteiger partial charge in [0.2, 0.25) is 5.95 Å². The molecule has 0 spiro atoms. The Balaban J connectivity index is 2.17. The fourth-order valence-electron chi connectivity index (χ4n) is 1.58. The summed E-state index contributed by atoms with van der Waals surface area (Å²) in [5.74, 6) is 1.25. The molecule has 0 atom stereocenters. The summed E-state index contributed by atoms with van der Waals surface area (Å²) in [6.45, 7) is 2.91. The van der Waals surface area contributed by atoms with Crippen molar-refractivity contribution in [2.24, 2.45) is 0 Å². The second-order valence-electron chi connectivity index (χ2n) is 3.97. The minimum Gasteiger partial charge on any atom is -0.354 e. The van der Waals surface area contributed by atoms with Gasteiger partial charge in [-0.25, -0.2) is 4.98 Å². The first-order valence-corrected chi connectivity index (χ1v) is 6.16. The monoisotopic (exact) mass is 253 g/mol. The van der Waals surface area contributed by atoms with E-state index in [1.165, 1.54) is 0 Å². The summed E-state index contributed by atoms with van der Waals surface area (Å²) in [5, 5.41) is 15.3. The van der Waals surface area contributed by atoms with Gasteiger partial charge in [0.1, 0.15) is 11.9 Å². The highest BCUT2D eigenvalue weighted by Crippen LogP contribution is 2.18. The molecule has 0 bridgehead atoms. The molecule has 5 heteroatoms. The van der Waals surface area contributed by atoms with Crippen molar-refractivity contribution in [3.05, 3.63) is 42.1 Å². The van der Waals surface area contributed by atoms with Gasteiger partial charge in [-0.05, 0) is 24.6 Å². The predicted molar refractivity (Wildman–Crippen MR) is 75.3 cm³/mol. The van der Waals surface area contributed by atoms with E-state index in [1.807, 2.05) is 18.2 Å². The van der Waals surface area contributed by atoms with Gasteiger partial charge in [-0.1, -0.05) is 19.1 Å². The Morgan fingerprint density at radius 2 is 2.11 bits per heavy atom. The van der Waals surface area contributed by atoms with Crippen LogP contribution in [0.5, 0.6) is 0 Å². The van der Waals surface area contributed by atoms with Gasteiger partial charge in [-0.3, -0.25) is 0 Å². The molecule has 2 rings (SSSR count). The molecule has 2 N–H and O–H groups in total. The predicted octanol–water partition coefficient (Wildman–Crippen LogP) is 2.91. The zero-order chi connectivity index (χ0) is 13.5. The second kappa shape index (κ2) is 6.36. The van der Waals surface area contributed by atoms with E-state index in [4.69, 9.17) is 5.26 Å². The number of para-hydroxylation sites is 1. The summed E-state index contributed by atoms with van der Waals surface area (Å²) in [6.07, 6.45) is 2.70. The molecule has 96 valence electrons. The number of nitriles is 1. The molecule has 1 aromatic heterocycles. The van der Waals surface area contributed by atoms with Crippen molar-refractivity contribution in [3.8, 4) is 6.07 Å². The van der Waals surface area contributed by atoms with Gasteiger partial charge in [0.25, 0.3) is 0 Å². The molecule has 0 aliphatic rings. The summed E-state index contributed by atoms with van der Waals surface area (Å²) >= 11 is 0. The van der Waals surface area contributed by atoms with E-state index < -0.39 is 0 Å². The van der Waals surface area contributed by atoms with Crippen LogP contribution in [0, 0.1) is 11.3 Å². The zero-order valence-corrected chi connectivity index (χ0v) is 10.7. The van der Waals surface area contributed by atoms with Crippen LogP contribution in [0.3, 0.4) is 0 Å². The molecule has 0 amide bonds. The van der Waals surface area contributed by atoms with Crippen LogP contribution in [0.1, 0.15) is 18.9 Å². The van der Waals surface area contributed by atoms with Gasteiger partial charge in [-0.15, -0.1) is 0 Å². The molecule has 0 fully saturated rings. The van der Waals surface area contributed by atoms with Crippen molar-refractivity contribution < 1.29 is 0 Å². The molecule has 2 aromatic rings. The first kappa shape index (κ1) is 12.8. The quantitative estimate of drug-likeness (QED) is 0.857. The fraction of sp³-hybridized carbons (Fsp3) is 0.214. The largest absolute Gasteiger partial charge is 0.354 e. The number of aromatic nitrogens is 2. The normalized spacial score (nSPS) is 9.68. The summed E-state index contributed by atoms with van der Waals surface area (Å²) in [5.41, 5.74) is 1.33. The van der Waals surface area contributed by atoms with Crippen LogP contribution in [-0.2, 0) is 0 Å². The fourth-order valence-corrected chi connectivity index (χ4v) is 1.58. The van der Waals surface area contributed by atoms with Crippen LogP contribution >= 0.6 is 0 Å². The summed E-state index contributed by atoms with van der Waals surface area (Å²) in [7, 11) is 0. The van der Waals surface area contributed by atoms with Gasteiger partial charge in [0.05, 0.1) is 11.3 Å². The summed E-state index contributed by atoms with van der Waals surface area (Å²) < 4.78 is 0. The van der Waals surface area contributed by atoms with Gasteiger partial charge < -0.3 is 10.6 Å². The minimum atomic E-state index is 0.585. The topological polar surface area (TPSA) is 73.6 Å². The molecule has 0 saturated heterocycles. The highest BCUT2D eigenvalue weighted by molar-refractivity contribution is 5.64. The van der Waals surface area contributed by atoms with E-state index in [9.17, 15) is 0 Å². The number of anilines is 3. The number of hydrogen-bond acceptors (Lipinski definition) is 5. The van der Waals surface area contributed by atoms with Crippen LogP contribution in [0.15, 0.2) is 36.5 Å². The van der Waals surface area contributed by atoms with Crippen molar-refractivity contribution >= 4 is 17.5 Å². The third-order valence-corrected chi connectivity index (χ3v) is 2.50. The van der Waals surface area contributed by atoms with Crippen molar-refractivity contribution in [1.82, 2.24) is 9.97 Å². The SMILES string of the molecule is CCCNc1nccc(Nc2ccccc2C#N)n1. The lowest BCUT2D eigenvalue weighted by atomic mass is 10.2. The van der Waals surface area contributed by atoms with E-state index in [1.54, 1.807) is 18.3 Å². The van der Waals surface area contributed by atoms with Gasteiger partial charge >= 0.3 is 0 Å². The third kappa shape index (κ3) is 3.42. The van der Waals surface area contributed by atoms with Crippen molar-refractivity contribution in [3.63, 3.8) is 0 Å². The zero-order valence-electron chi connectivity index (χ0n) is 10.7. The molecular formula is C14H15N5. The molecule has 0 unspecified atom stereocenters. The van der Waals surface area contributed by atoms with Gasteiger partial charge in [0, 0.05) is 12.7 Å². The highest BCUT2D eigenvalue weighted by Gasteiger charge is 2.03. The van der Waals surface area contributed by atoms with E-state index in [0.717, 1.165) is 18.7 Å². The van der Waals surface area contributed by atoms with E-state index in [0.29, 0.717) is 17.3 Å². The summed E-state index contributed by atoms with van der Waals surface area (Å²) in [4.78, 5) is 8.47. The van der Waals surface area contributed by atoms with Crippen LogP contribution in [0.4, 0.5) is 17.5 Å². The number of nitrogens with one attached hydrogen (secondary N) is 2. The third-order valence-electron chi connectivity index (χ3n) is 2.50. The van der Waals surface area contributed by atoms with Crippen LogP contribution in [0.25, 0.3) is 0 Å². The molecule has 0 aliphatic heterocycles. The van der Waals surface area contributed by atoms with Crippen LogP contribution in [0.2, 0.25) is 0 Å². The molecule has 1 heterocycles. The number of hydrogen-bond donors (Lipinski definition) is 2. The first-order chi connectivity index (χ1) is 9.33. The number of rotatable bonds is 5. The van der Waals surface area contributed by atoms with E-state index in [-0.39, 0.29) is 0 Å². The number of nitrogens with zero attached hydrogens (tertiary/aromatic N) is 3. The number of benzene rings is 1. The molecule has 1 aromatic carbocycles. The molecule has 19 heavy (non-hydrogen) atoms. The molecule has 0 aliphatic carbocycles. The Kier molecular flexibility index (Phi) is 4.29. The van der Waals surface area contributed by atoms with Crippen molar-refractivity contribution in [2.75, 3.05) is 17.2 Å². The lowest BCUT2D eigenvalue weighted by Crippen LogP contribution is -2.05. The Morgan fingerprint density at radius 3 is 2.89 bits per heavy atom. The van der Waals surface area contributed by atoms with E-state index in [2.05, 4.69) is 33.6 Å². The molecule has 5 nitrogen and oxygen atoms in total. The van der Waals surface area contributed by atoms with Gasteiger partial charge in [-0.2, -0.15) is 10.2 Å². The lowest BCUT2D eigenvalue weighted by molar-refractivity contribution is 0.953. The van der Waals surface area contributed by atoms with Crippen molar-refractivity contribution in [1.29, 1.82) is 5.26 Å². The average molecular weight is 253 g/mol. The summed E-state index contributed by atoms with van der Waals surface area (Å²) in [6, 6.07) is 11.2. The maximum atomic E-state index is 9.03. The van der Waals surface area contributed by atoms with E-state index >= 15 is 0 Å². The Hall–Kier alpha value is -2.61. The maximum Gasteiger partial charge on any atom is 0.224 e. The molecule has 0 radical (unpaired) electrons. The van der Waals surface area contributed by atoms with Crippen LogP contribution < -0.4 is 10.6 Å². The highest BCUT2D eigenvalue weighted by atomic mass is 15.1. The maximum absolute atomic E-state index is 9.03. The Bertz CT molecular complexity index is 588. The van der Waals surface area contributed by atoms with Crippen molar-refractivity contribution in [2.45, 2.75) is 13.3 Å². The minimum absolute atomic E-state index is 0.585. The molecular weight excluding hydrogens is 238 g/mol. The Labute approximate surface area is 112 Å². The smallest absolute Gasteiger partial charge is 0.224 e.